The van der Waals surface area contributed by atoms with Crippen molar-refractivity contribution >= 4 is 61.3 Å². The molecular formula is C19H14ClF3N6OS. The maximum atomic E-state index is 13.0. The van der Waals surface area contributed by atoms with E-state index in [2.05, 4.69) is 25.6 Å². The summed E-state index contributed by atoms with van der Waals surface area (Å²) in [5.74, 6) is 1.04. The summed E-state index contributed by atoms with van der Waals surface area (Å²) in [5.41, 5.74) is 6.15. The average molecular weight is 467 g/mol. The highest BCUT2D eigenvalue weighted by Gasteiger charge is 2.31. The van der Waals surface area contributed by atoms with Crippen LogP contribution in [-0.4, -0.2) is 22.1 Å². The number of methoxy groups -OCH3 is 1. The van der Waals surface area contributed by atoms with Gasteiger partial charge in [0.15, 0.2) is 16.8 Å². The van der Waals surface area contributed by atoms with E-state index in [9.17, 15) is 13.2 Å². The van der Waals surface area contributed by atoms with Crippen LogP contribution in [0.3, 0.4) is 0 Å². The van der Waals surface area contributed by atoms with Crippen LogP contribution in [0.5, 0.6) is 5.75 Å². The topological polar surface area (TPSA) is 98.0 Å². The minimum atomic E-state index is -4.51. The molecule has 0 aliphatic carbocycles. The maximum Gasteiger partial charge on any atom is 0.416 e. The first-order chi connectivity index (χ1) is 14.7. The van der Waals surface area contributed by atoms with E-state index >= 15 is 0 Å². The Bertz CT molecular complexity index is 1260. The molecule has 0 bridgehead atoms. The third-order valence-corrected chi connectivity index (χ3v) is 5.51. The molecule has 7 nitrogen and oxygen atoms in total. The lowest BCUT2D eigenvalue weighted by Crippen LogP contribution is -2.08. The summed E-state index contributed by atoms with van der Waals surface area (Å²) in [6.45, 7) is 0. The minimum Gasteiger partial charge on any atom is -0.497 e. The molecule has 160 valence electrons. The van der Waals surface area contributed by atoms with Crippen molar-refractivity contribution < 1.29 is 17.9 Å². The number of nitrogens with two attached hydrogens (primary N) is 1. The number of alkyl halides is 3. The van der Waals surface area contributed by atoms with Crippen LogP contribution in [0.2, 0.25) is 5.02 Å². The van der Waals surface area contributed by atoms with Gasteiger partial charge < -0.3 is 21.1 Å². The summed E-state index contributed by atoms with van der Waals surface area (Å²) in [6, 6.07) is 8.40. The summed E-state index contributed by atoms with van der Waals surface area (Å²) < 4.78 is 45.1. The van der Waals surface area contributed by atoms with Gasteiger partial charge in [0.2, 0.25) is 0 Å². The summed E-state index contributed by atoms with van der Waals surface area (Å²) in [5, 5.41) is 6.36. The van der Waals surface area contributed by atoms with Gasteiger partial charge in [-0.15, -0.1) is 0 Å². The van der Waals surface area contributed by atoms with E-state index in [0.29, 0.717) is 10.9 Å². The van der Waals surface area contributed by atoms with Gasteiger partial charge in [0.1, 0.15) is 17.8 Å². The fourth-order valence-electron chi connectivity index (χ4n) is 2.71. The second-order valence-electron chi connectivity index (χ2n) is 6.28. The van der Waals surface area contributed by atoms with Gasteiger partial charge in [-0.1, -0.05) is 22.9 Å². The molecule has 0 fully saturated rings. The Morgan fingerprint density at radius 2 is 1.81 bits per heavy atom. The van der Waals surface area contributed by atoms with Crippen molar-refractivity contribution in [3.63, 3.8) is 0 Å². The Balaban J connectivity index is 1.62. The quantitative estimate of drug-likeness (QED) is 0.340. The molecular weight excluding hydrogens is 453 g/mol. The standard InChI is InChI=1S/C19H14ClF3N6OS/c1-30-10-3-5-12-14(7-10)31-18(28-12)29-17-15(24)16(25-8-26-17)27-13-6-9(19(21,22)23)2-4-11(13)20/h2-8H,24H2,1H3,(H2,25,26,27,28,29). The van der Waals surface area contributed by atoms with Gasteiger partial charge in [0.05, 0.1) is 33.6 Å². The molecule has 0 saturated heterocycles. The van der Waals surface area contributed by atoms with Gasteiger partial charge in [-0.3, -0.25) is 0 Å². The Kier molecular flexibility index (Phi) is 5.46. The summed E-state index contributed by atoms with van der Waals surface area (Å²) >= 11 is 7.40. The smallest absolute Gasteiger partial charge is 0.416 e. The highest BCUT2D eigenvalue weighted by Crippen LogP contribution is 2.37. The molecule has 0 amide bonds. The van der Waals surface area contributed by atoms with Crippen molar-refractivity contribution in [2.24, 2.45) is 0 Å². The van der Waals surface area contributed by atoms with Gasteiger partial charge in [-0.2, -0.15) is 13.2 Å². The molecule has 2 heterocycles. The predicted molar refractivity (Wildman–Crippen MR) is 116 cm³/mol. The first-order valence-electron chi connectivity index (χ1n) is 8.70. The van der Waals surface area contributed by atoms with Crippen molar-refractivity contribution in [3.8, 4) is 5.75 Å². The van der Waals surface area contributed by atoms with Crippen LogP contribution < -0.4 is 21.1 Å². The number of ether oxygens (including phenoxy) is 1. The molecule has 31 heavy (non-hydrogen) atoms. The Morgan fingerprint density at radius 1 is 1.06 bits per heavy atom. The molecule has 0 atom stereocenters. The Labute approximate surface area is 183 Å². The number of halogens is 4. The largest absolute Gasteiger partial charge is 0.497 e. The van der Waals surface area contributed by atoms with E-state index in [1.807, 2.05) is 12.1 Å². The lowest BCUT2D eigenvalue weighted by atomic mass is 10.2. The zero-order valence-electron chi connectivity index (χ0n) is 15.8. The van der Waals surface area contributed by atoms with E-state index in [0.717, 1.165) is 28.4 Å². The first kappa shape index (κ1) is 20.9. The second-order valence-corrected chi connectivity index (χ2v) is 7.72. The lowest BCUT2D eigenvalue weighted by molar-refractivity contribution is -0.137. The van der Waals surface area contributed by atoms with E-state index in [4.69, 9.17) is 22.1 Å². The molecule has 0 aliphatic heterocycles. The number of hydrogen-bond donors (Lipinski definition) is 3. The van der Waals surface area contributed by atoms with Crippen LogP contribution in [0.25, 0.3) is 10.2 Å². The van der Waals surface area contributed by atoms with Crippen LogP contribution >= 0.6 is 22.9 Å². The Morgan fingerprint density at radius 3 is 2.52 bits per heavy atom. The number of nitrogens with one attached hydrogen (secondary N) is 2. The van der Waals surface area contributed by atoms with E-state index in [1.165, 1.54) is 17.7 Å². The third kappa shape index (κ3) is 4.42. The second kappa shape index (κ2) is 8.08. The number of benzene rings is 2. The third-order valence-electron chi connectivity index (χ3n) is 4.25. The van der Waals surface area contributed by atoms with Gasteiger partial charge >= 0.3 is 6.18 Å². The van der Waals surface area contributed by atoms with Crippen molar-refractivity contribution in [1.29, 1.82) is 0 Å². The van der Waals surface area contributed by atoms with Crippen LogP contribution in [0.1, 0.15) is 5.56 Å². The zero-order valence-corrected chi connectivity index (χ0v) is 17.4. The number of hydrogen-bond acceptors (Lipinski definition) is 8. The fraction of sp³-hybridized carbons (Fsp3) is 0.105. The molecule has 4 aromatic rings. The first-order valence-corrected chi connectivity index (χ1v) is 9.90. The average Bonchev–Trinajstić information content (AvgIpc) is 3.13. The predicted octanol–water partition coefficient (Wildman–Crippen LogP) is 5.84. The number of thiazole rings is 1. The summed E-state index contributed by atoms with van der Waals surface area (Å²) in [6.07, 6.45) is -3.29. The Hall–Kier alpha value is -3.31. The van der Waals surface area contributed by atoms with Crippen molar-refractivity contribution in [1.82, 2.24) is 15.0 Å². The van der Waals surface area contributed by atoms with Crippen LogP contribution in [0.15, 0.2) is 42.7 Å². The molecule has 4 N–H and O–H groups in total. The van der Waals surface area contributed by atoms with Gasteiger partial charge in [0, 0.05) is 0 Å². The van der Waals surface area contributed by atoms with E-state index < -0.39 is 11.7 Å². The van der Waals surface area contributed by atoms with E-state index in [1.54, 1.807) is 13.2 Å². The molecule has 2 aromatic carbocycles. The number of anilines is 5. The van der Waals surface area contributed by atoms with Crippen LogP contribution in [-0.2, 0) is 6.18 Å². The number of nitrogen functional groups attached to an aromatic ring is 1. The number of nitrogens with zero attached hydrogens (tertiary/aromatic N) is 3. The maximum absolute atomic E-state index is 13.0. The van der Waals surface area contributed by atoms with E-state index in [-0.39, 0.29) is 28.0 Å². The molecule has 12 heteroatoms. The van der Waals surface area contributed by atoms with Crippen LogP contribution in [0.4, 0.5) is 41.3 Å². The highest BCUT2D eigenvalue weighted by molar-refractivity contribution is 7.22. The molecule has 0 spiro atoms. The minimum absolute atomic E-state index is 0.0138. The molecule has 0 saturated carbocycles. The van der Waals surface area contributed by atoms with Crippen LogP contribution in [0, 0.1) is 0 Å². The monoisotopic (exact) mass is 466 g/mol. The van der Waals surface area contributed by atoms with Gasteiger partial charge in [-0.05, 0) is 36.4 Å². The summed E-state index contributed by atoms with van der Waals surface area (Å²) in [7, 11) is 1.58. The molecule has 0 unspecified atom stereocenters. The fourth-order valence-corrected chi connectivity index (χ4v) is 3.76. The molecule has 4 rings (SSSR count). The van der Waals surface area contributed by atoms with Gasteiger partial charge in [-0.25, -0.2) is 15.0 Å². The summed E-state index contributed by atoms with van der Waals surface area (Å²) in [4.78, 5) is 12.6. The molecule has 2 aromatic heterocycles. The number of aromatic nitrogens is 3. The van der Waals surface area contributed by atoms with Gasteiger partial charge in [0.25, 0.3) is 0 Å². The van der Waals surface area contributed by atoms with Crippen molar-refractivity contribution in [3.05, 3.63) is 53.3 Å². The zero-order chi connectivity index (χ0) is 22.2. The molecule has 0 aliphatic rings. The lowest BCUT2D eigenvalue weighted by Gasteiger charge is -2.14. The highest BCUT2D eigenvalue weighted by atomic mass is 35.5. The van der Waals surface area contributed by atoms with Crippen molar-refractivity contribution in [2.45, 2.75) is 6.18 Å². The van der Waals surface area contributed by atoms with Crippen molar-refractivity contribution in [2.75, 3.05) is 23.5 Å². The number of fused-ring (bicyclic) bond motifs is 1. The number of rotatable bonds is 5. The normalized spacial score (nSPS) is 11.5. The SMILES string of the molecule is COc1ccc2nc(Nc3ncnc(Nc4cc(C(F)(F)F)ccc4Cl)c3N)sc2c1. The molecule has 0 radical (unpaired) electrons.